The molecule has 0 bridgehead atoms. The quantitative estimate of drug-likeness (QED) is 0.815. The van der Waals surface area contributed by atoms with Crippen molar-refractivity contribution in [2.75, 3.05) is 49.8 Å². The highest BCUT2D eigenvalue weighted by atomic mass is 32.2. The Morgan fingerprint density at radius 3 is 3.00 bits per heavy atom. The summed E-state index contributed by atoms with van der Waals surface area (Å²) in [5.41, 5.74) is 4.14. The minimum atomic E-state index is 0.766. The second-order valence-electron chi connectivity index (χ2n) is 5.23. The number of nitrogens with one attached hydrogen (secondary N) is 1. The van der Waals surface area contributed by atoms with Crippen molar-refractivity contribution in [3.63, 3.8) is 0 Å². The van der Waals surface area contributed by atoms with E-state index in [9.17, 15) is 0 Å². The molecule has 0 radical (unpaired) electrons. The van der Waals surface area contributed by atoms with Gasteiger partial charge < -0.3 is 15.0 Å². The van der Waals surface area contributed by atoms with E-state index in [2.05, 4.69) is 47.1 Å². The Bertz CT molecular complexity index is 403. The second kappa shape index (κ2) is 8.55. The van der Waals surface area contributed by atoms with Gasteiger partial charge in [0, 0.05) is 44.7 Å². The van der Waals surface area contributed by atoms with Gasteiger partial charge >= 0.3 is 0 Å². The highest BCUT2D eigenvalue weighted by molar-refractivity contribution is 7.99. The van der Waals surface area contributed by atoms with Gasteiger partial charge in [0.15, 0.2) is 0 Å². The highest BCUT2D eigenvalue weighted by Gasteiger charge is 2.10. The summed E-state index contributed by atoms with van der Waals surface area (Å²) in [6.45, 7) is 7.17. The molecule has 20 heavy (non-hydrogen) atoms. The van der Waals surface area contributed by atoms with Crippen LogP contribution < -0.4 is 10.2 Å². The van der Waals surface area contributed by atoms with Gasteiger partial charge in [0.25, 0.3) is 0 Å². The molecule has 4 heteroatoms. The number of benzene rings is 1. The molecule has 112 valence electrons. The van der Waals surface area contributed by atoms with Crippen LogP contribution in [-0.4, -0.2) is 44.9 Å². The van der Waals surface area contributed by atoms with Crippen LogP contribution in [0.5, 0.6) is 0 Å². The molecule has 1 aromatic rings. The highest BCUT2D eigenvalue weighted by Crippen LogP contribution is 2.22. The standard InChI is InChI=1S/C16H26N2OS/c1-14-12-16(18-7-3-10-20-11-8-18)5-4-15(14)13-17-6-9-19-2/h4-5,12,17H,3,6-11,13H2,1-2H3. The number of rotatable bonds is 6. The van der Waals surface area contributed by atoms with Crippen molar-refractivity contribution in [2.45, 2.75) is 19.9 Å². The summed E-state index contributed by atoms with van der Waals surface area (Å²) in [4.78, 5) is 2.52. The van der Waals surface area contributed by atoms with Crippen LogP contribution in [0.2, 0.25) is 0 Å². The van der Waals surface area contributed by atoms with E-state index >= 15 is 0 Å². The Morgan fingerprint density at radius 2 is 2.20 bits per heavy atom. The van der Waals surface area contributed by atoms with Crippen LogP contribution >= 0.6 is 11.8 Å². The van der Waals surface area contributed by atoms with Gasteiger partial charge in [-0.1, -0.05) is 6.07 Å². The minimum Gasteiger partial charge on any atom is -0.383 e. The van der Waals surface area contributed by atoms with Crippen LogP contribution in [0, 0.1) is 6.92 Å². The fourth-order valence-electron chi connectivity index (χ4n) is 2.48. The maximum atomic E-state index is 5.05. The molecule has 1 aliphatic heterocycles. The molecule has 0 unspecified atom stereocenters. The number of hydrogen-bond acceptors (Lipinski definition) is 4. The van der Waals surface area contributed by atoms with Gasteiger partial charge in [-0.05, 0) is 42.4 Å². The third-order valence-corrected chi connectivity index (χ3v) is 4.76. The van der Waals surface area contributed by atoms with Crippen LogP contribution in [0.15, 0.2) is 18.2 Å². The Kier molecular flexibility index (Phi) is 6.70. The number of anilines is 1. The van der Waals surface area contributed by atoms with E-state index in [1.54, 1.807) is 7.11 Å². The normalized spacial score (nSPS) is 16.2. The zero-order chi connectivity index (χ0) is 14.2. The summed E-state index contributed by atoms with van der Waals surface area (Å²) in [6.07, 6.45) is 1.30. The maximum absolute atomic E-state index is 5.05. The number of methoxy groups -OCH3 is 1. The van der Waals surface area contributed by atoms with Crippen molar-refractivity contribution >= 4 is 17.4 Å². The smallest absolute Gasteiger partial charge is 0.0587 e. The van der Waals surface area contributed by atoms with E-state index in [4.69, 9.17) is 4.74 Å². The van der Waals surface area contributed by atoms with E-state index in [0.717, 1.165) is 19.7 Å². The number of thioether (sulfide) groups is 1. The number of ether oxygens (including phenoxy) is 1. The lowest BCUT2D eigenvalue weighted by molar-refractivity contribution is 0.199. The van der Waals surface area contributed by atoms with Crippen molar-refractivity contribution in [3.05, 3.63) is 29.3 Å². The molecule has 0 aromatic heterocycles. The molecular formula is C16H26N2OS. The summed E-state index contributed by atoms with van der Waals surface area (Å²) in [5.74, 6) is 2.55. The summed E-state index contributed by atoms with van der Waals surface area (Å²) in [6, 6.07) is 6.88. The van der Waals surface area contributed by atoms with E-state index < -0.39 is 0 Å². The molecule has 1 fully saturated rings. The predicted molar refractivity (Wildman–Crippen MR) is 88.9 cm³/mol. The molecule has 1 heterocycles. The van der Waals surface area contributed by atoms with Crippen molar-refractivity contribution in [1.82, 2.24) is 5.32 Å². The van der Waals surface area contributed by atoms with E-state index in [1.807, 2.05) is 0 Å². The monoisotopic (exact) mass is 294 g/mol. The van der Waals surface area contributed by atoms with Crippen LogP contribution in [0.1, 0.15) is 17.5 Å². The second-order valence-corrected chi connectivity index (χ2v) is 6.46. The molecular weight excluding hydrogens is 268 g/mol. The first kappa shape index (κ1) is 15.7. The van der Waals surface area contributed by atoms with Gasteiger partial charge in [-0.3, -0.25) is 0 Å². The number of nitrogens with zero attached hydrogens (tertiary/aromatic N) is 1. The lowest BCUT2D eigenvalue weighted by atomic mass is 10.1. The van der Waals surface area contributed by atoms with Gasteiger partial charge in [0.1, 0.15) is 0 Å². The SMILES string of the molecule is COCCNCc1ccc(N2CCCSCC2)cc1C. The van der Waals surface area contributed by atoms with Crippen LogP contribution in [0.4, 0.5) is 5.69 Å². The van der Waals surface area contributed by atoms with Crippen LogP contribution in [-0.2, 0) is 11.3 Å². The van der Waals surface area contributed by atoms with E-state index in [1.165, 1.54) is 47.8 Å². The first-order chi connectivity index (χ1) is 9.81. The summed E-state index contributed by atoms with van der Waals surface area (Å²) < 4.78 is 5.05. The van der Waals surface area contributed by atoms with Crippen LogP contribution in [0.25, 0.3) is 0 Å². The number of hydrogen-bond donors (Lipinski definition) is 1. The molecule has 1 aliphatic rings. The van der Waals surface area contributed by atoms with Crippen molar-refractivity contribution in [3.8, 4) is 0 Å². The fourth-order valence-corrected chi connectivity index (χ4v) is 3.36. The largest absolute Gasteiger partial charge is 0.383 e. The molecule has 2 rings (SSSR count). The fraction of sp³-hybridized carbons (Fsp3) is 0.625. The first-order valence-corrected chi connectivity index (χ1v) is 8.58. The average molecular weight is 294 g/mol. The zero-order valence-corrected chi connectivity index (χ0v) is 13.5. The molecule has 1 N–H and O–H groups in total. The minimum absolute atomic E-state index is 0.766. The maximum Gasteiger partial charge on any atom is 0.0587 e. The Hall–Kier alpha value is -0.710. The van der Waals surface area contributed by atoms with Gasteiger partial charge in [0.2, 0.25) is 0 Å². The lowest BCUT2D eigenvalue weighted by Gasteiger charge is -2.23. The molecule has 0 spiro atoms. The van der Waals surface area contributed by atoms with Gasteiger partial charge in [0.05, 0.1) is 6.61 Å². The molecule has 0 saturated carbocycles. The summed E-state index contributed by atoms with van der Waals surface area (Å²) in [7, 11) is 1.74. The first-order valence-electron chi connectivity index (χ1n) is 7.43. The topological polar surface area (TPSA) is 24.5 Å². The van der Waals surface area contributed by atoms with E-state index in [-0.39, 0.29) is 0 Å². The Labute approximate surface area is 127 Å². The third-order valence-electron chi connectivity index (χ3n) is 3.71. The van der Waals surface area contributed by atoms with Gasteiger partial charge in [-0.2, -0.15) is 11.8 Å². The summed E-state index contributed by atoms with van der Waals surface area (Å²) in [5, 5.41) is 3.41. The number of aryl methyl sites for hydroxylation is 1. The average Bonchev–Trinajstić information content (AvgIpc) is 2.74. The van der Waals surface area contributed by atoms with Crippen LogP contribution in [0.3, 0.4) is 0 Å². The predicted octanol–water partition coefficient (Wildman–Crippen LogP) is 2.67. The molecule has 0 aliphatic carbocycles. The van der Waals surface area contributed by atoms with Gasteiger partial charge in [-0.15, -0.1) is 0 Å². The molecule has 0 atom stereocenters. The lowest BCUT2D eigenvalue weighted by Crippen LogP contribution is -2.25. The Morgan fingerprint density at radius 1 is 1.30 bits per heavy atom. The van der Waals surface area contributed by atoms with E-state index in [0.29, 0.717) is 0 Å². The van der Waals surface area contributed by atoms with Gasteiger partial charge in [-0.25, -0.2) is 0 Å². The third kappa shape index (κ3) is 4.69. The molecule has 3 nitrogen and oxygen atoms in total. The zero-order valence-electron chi connectivity index (χ0n) is 12.7. The molecule has 1 saturated heterocycles. The molecule has 0 amide bonds. The van der Waals surface area contributed by atoms with Crippen molar-refractivity contribution in [2.24, 2.45) is 0 Å². The van der Waals surface area contributed by atoms with Crippen molar-refractivity contribution in [1.29, 1.82) is 0 Å². The van der Waals surface area contributed by atoms with Crippen molar-refractivity contribution < 1.29 is 4.74 Å². The molecule has 1 aromatic carbocycles. The Balaban J connectivity index is 1.94. The summed E-state index contributed by atoms with van der Waals surface area (Å²) >= 11 is 2.07.